The molecular weight excluding hydrogens is 376 g/mol. The van der Waals surface area contributed by atoms with Crippen molar-refractivity contribution in [1.29, 1.82) is 0 Å². The summed E-state index contributed by atoms with van der Waals surface area (Å²) in [6.07, 6.45) is 4.49. The molecule has 1 aliphatic carbocycles. The van der Waals surface area contributed by atoms with Crippen LogP contribution in [0.5, 0.6) is 0 Å². The van der Waals surface area contributed by atoms with Gasteiger partial charge in [-0.2, -0.15) is 4.98 Å². The van der Waals surface area contributed by atoms with E-state index in [0.717, 1.165) is 31.2 Å². The molecule has 7 nitrogen and oxygen atoms in total. The summed E-state index contributed by atoms with van der Waals surface area (Å²) in [5.74, 6) is 1.03. The molecule has 1 aromatic heterocycles. The van der Waals surface area contributed by atoms with Crippen molar-refractivity contribution in [2.45, 2.75) is 63.7 Å². The Morgan fingerprint density at radius 3 is 2.43 bits per heavy atom. The Balaban J connectivity index is 1.43. The van der Waals surface area contributed by atoms with Gasteiger partial charge in [-0.25, -0.2) is 13.1 Å². The SMILES string of the molecule is CC(C)(C)S(=O)(=O)NCC1CCC(Nc2nc(Cc3ccccc3)no2)CC1. The van der Waals surface area contributed by atoms with Gasteiger partial charge in [0.15, 0.2) is 5.82 Å². The summed E-state index contributed by atoms with van der Waals surface area (Å²) >= 11 is 0. The molecule has 0 radical (unpaired) electrons. The Morgan fingerprint density at radius 1 is 1.11 bits per heavy atom. The molecule has 1 saturated carbocycles. The van der Waals surface area contributed by atoms with Gasteiger partial charge in [-0.05, 0) is 57.9 Å². The minimum absolute atomic E-state index is 0.278. The number of aromatic nitrogens is 2. The van der Waals surface area contributed by atoms with Crippen LogP contribution in [0.25, 0.3) is 0 Å². The molecule has 3 rings (SSSR count). The zero-order valence-electron chi connectivity index (χ0n) is 16.8. The Bertz CT molecular complexity index is 851. The fourth-order valence-corrected chi connectivity index (χ4v) is 4.18. The lowest BCUT2D eigenvalue weighted by atomic mass is 9.86. The highest BCUT2D eigenvalue weighted by molar-refractivity contribution is 7.90. The fraction of sp³-hybridized carbons (Fsp3) is 0.600. The van der Waals surface area contributed by atoms with Crippen molar-refractivity contribution in [3.05, 3.63) is 41.7 Å². The van der Waals surface area contributed by atoms with Crippen LogP contribution in [0, 0.1) is 5.92 Å². The van der Waals surface area contributed by atoms with E-state index in [0.29, 0.717) is 30.7 Å². The Hall–Kier alpha value is -1.93. The number of rotatable bonds is 7. The van der Waals surface area contributed by atoms with E-state index in [1.807, 2.05) is 30.3 Å². The Kier molecular flexibility index (Phi) is 6.40. The molecule has 2 aromatic rings. The van der Waals surface area contributed by atoms with Crippen molar-refractivity contribution in [3.63, 3.8) is 0 Å². The molecule has 0 aliphatic heterocycles. The first kappa shape index (κ1) is 20.8. The molecule has 1 fully saturated rings. The minimum atomic E-state index is -3.28. The molecule has 0 saturated heterocycles. The van der Waals surface area contributed by atoms with Crippen LogP contribution in [-0.4, -0.2) is 35.9 Å². The van der Waals surface area contributed by atoms with Crippen molar-refractivity contribution >= 4 is 16.0 Å². The van der Waals surface area contributed by atoms with Gasteiger partial charge >= 0.3 is 6.01 Å². The highest BCUT2D eigenvalue weighted by atomic mass is 32.2. The van der Waals surface area contributed by atoms with E-state index in [-0.39, 0.29) is 6.04 Å². The van der Waals surface area contributed by atoms with Crippen LogP contribution < -0.4 is 10.0 Å². The van der Waals surface area contributed by atoms with E-state index in [2.05, 4.69) is 20.2 Å². The molecule has 0 amide bonds. The van der Waals surface area contributed by atoms with E-state index in [1.54, 1.807) is 20.8 Å². The summed E-state index contributed by atoms with van der Waals surface area (Å²) < 4.78 is 31.7. The van der Waals surface area contributed by atoms with E-state index in [1.165, 1.54) is 0 Å². The van der Waals surface area contributed by atoms with Crippen molar-refractivity contribution in [3.8, 4) is 0 Å². The smallest absolute Gasteiger partial charge is 0.321 e. The third kappa shape index (κ3) is 5.54. The lowest BCUT2D eigenvalue weighted by molar-refractivity contribution is 0.329. The normalized spacial score (nSPS) is 20.8. The molecule has 2 N–H and O–H groups in total. The lowest BCUT2D eigenvalue weighted by Gasteiger charge is -2.29. The number of anilines is 1. The van der Waals surface area contributed by atoms with Crippen LogP contribution >= 0.6 is 0 Å². The molecule has 0 bridgehead atoms. The van der Waals surface area contributed by atoms with E-state index >= 15 is 0 Å². The number of sulfonamides is 1. The second kappa shape index (κ2) is 8.61. The molecule has 28 heavy (non-hydrogen) atoms. The maximum atomic E-state index is 12.2. The first-order valence-corrected chi connectivity index (χ1v) is 11.3. The summed E-state index contributed by atoms with van der Waals surface area (Å²) in [4.78, 5) is 4.43. The molecule has 0 spiro atoms. The molecule has 1 heterocycles. The van der Waals surface area contributed by atoms with Crippen LogP contribution in [0.3, 0.4) is 0 Å². The van der Waals surface area contributed by atoms with Crippen molar-refractivity contribution < 1.29 is 12.9 Å². The van der Waals surface area contributed by atoms with E-state index < -0.39 is 14.8 Å². The highest BCUT2D eigenvalue weighted by Gasteiger charge is 2.30. The van der Waals surface area contributed by atoms with Gasteiger partial charge in [0.1, 0.15) is 0 Å². The highest BCUT2D eigenvalue weighted by Crippen LogP contribution is 2.26. The monoisotopic (exact) mass is 406 g/mol. The van der Waals surface area contributed by atoms with Crippen LogP contribution in [-0.2, 0) is 16.4 Å². The molecule has 1 aliphatic rings. The van der Waals surface area contributed by atoms with Crippen LogP contribution in [0.15, 0.2) is 34.9 Å². The van der Waals surface area contributed by atoms with Crippen molar-refractivity contribution in [1.82, 2.24) is 14.9 Å². The predicted molar refractivity (Wildman–Crippen MR) is 110 cm³/mol. The maximum Gasteiger partial charge on any atom is 0.321 e. The largest absolute Gasteiger partial charge is 0.335 e. The number of hydrogen-bond acceptors (Lipinski definition) is 6. The average Bonchev–Trinajstić information content (AvgIpc) is 3.08. The summed E-state index contributed by atoms with van der Waals surface area (Å²) in [5.41, 5.74) is 1.15. The topological polar surface area (TPSA) is 97.1 Å². The zero-order valence-corrected chi connectivity index (χ0v) is 17.6. The molecule has 0 atom stereocenters. The van der Waals surface area contributed by atoms with Gasteiger partial charge in [0, 0.05) is 19.0 Å². The van der Waals surface area contributed by atoms with Gasteiger partial charge in [-0.1, -0.05) is 35.5 Å². The third-order valence-electron chi connectivity index (χ3n) is 5.22. The molecule has 0 unspecified atom stereocenters. The molecule has 1 aromatic carbocycles. The first-order chi connectivity index (χ1) is 13.2. The van der Waals surface area contributed by atoms with E-state index in [4.69, 9.17) is 4.52 Å². The van der Waals surface area contributed by atoms with Crippen LogP contribution in [0.2, 0.25) is 0 Å². The minimum Gasteiger partial charge on any atom is -0.335 e. The Labute approximate surface area is 167 Å². The number of nitrogens with zero attached hydrogens (tertiary/aromatic N) is 2. The average molecular weight is 407 g/mol. The molecule has 8 heteroatoms. The summed E-state index contributed by atoms with van der Waals surface area (Å²) in [5, 5.41) is 7.37. The third-order valence-corrected chi connectivity index (χ3v) is 7.37. The molecule has 154 valence electrons. The van der Waals surface area contributed by atoms with Crippen molar-refractivity contribution in [2.75, 3.05) is 11.9 Å². The van der Waals surface area contributed by atoms with Crippen molar-refractivity contribution in [2.24, 2.45) is 5.92 Å². The van der Waals surface area contributed by atoms with Crippen LogP contribution in [0.1, 0.15) is 57.8 Å². The molecular formula is C20H30N4O3S. The lowest BCUT2D eigenvalue weighted by Crippen LogP contribution is -2.42. The van der Waals surface area contributed by atoms with Gasteiger partial charge < -0.3 is 9.84 Å². The quantitative estimate of drug-likeness (QED) is 0.732. The second-order valence-electron chi connectivity index (χ2n) is 8.50. The van der Waals surface area contributed by atoms with Gasteiger partial charge in [-0.3, -0.25) is 0 Å². The van der Waals surface area contributed by atoms with Gasteiger partial charge in [0.25, 0.3) is 0 Å². The number of hydrogen-bond donors (Lipinski definition) is 2. The summed E-state index contributed by atoms with van der Waals surface area (Å²) in [6.45, 7) is 5.65. The Morgan fingerprint density at radius 2 is 1.79 bits per heavy atom. The van der Waals surface area contributed by atoms with Crippen LogP contribution in [0.4, 0.5) is 6.01 Å². The first-order valence-electron chi connectivity index (χ1n) is 9.85. The van der Waals surface area contributed by atoms with E-state index in [9.17, 15) is 8.42 Å². The number of benzene rings is 1. The zero-order chi connectivity index (χ0) is 20.2. The maximum absolute atomic E-state index is 12.2. The van der Waals surface area contributed by atoms with Gasteiger partial charge in [-0.15, -0.1) is 0 Å². The number of nitrogens with one attached hydrogen (secondary N) is 2. The fourth-order valence-electron chi connectivity index (χ4n) is 3.29. The van der Waals surface area contributed by atoms with Gasteiger partial charge in [0.2, 0.25) is 10.0 Å². The predicted octanol–water partition coefficient (Wildman–Crippen LogP) is 3.35. The summed E-state index contributed by atoms with van der Waals surface area (Å²) in [7, 11) is -3.28. The standard InChI is InChI=1S/C20H30N4O3S/c1-20(2,3)28(25,26)21-14-16-9-11-17(12-10-16)22-19-23-18(24-27-19)13-15-7-5-4-6-8-15/h4-8,16-17,21H,9-14H2,1-3H3,(H,22,23,24). The summed E-state index contributed by atoms with van der Waals surface area (Å²) in [6, 6.07) is 10.8. The van der Waals surface area contributed by atoms with Gasteiger partial charge in [0.05, 0.1) is 4.75 Å². The second-order valence-corrected chi connectivity index (χ2v) is 11.0.